The van der Waals surface area contributed by atoms with Gasteiger partial charge in [0, 0.05) is 0 Å². The average molecular weight is 198 g/mol. The first kappa shape index (κ1) is 10.3. The van der Waals surface area contributed by atoms with Gasteiger partial charge in [0.25, 0.3) is 0 Å². The number of carbonyl (C=O) groups excluding carboxylic acids is 1. The van der Waals surface area contributed by atoms with Crippen LogP contribution in [0.5, 0.6) is 0 Å². The van der Waals surface area contributed by atoms with Crippen LogP contribution in [0.1, 0.15) is 5.56 Å². The molecular weight excluding hydrogens is 187 g/mol. The summed E-state index contributed by atoms with van der Waals surface area (Å²) in [5, 5.41) is 0. The Morgan fingerprint density at radius 2 is 1.93 bits per heavy atom. The van der Waals surface area contributed by atoms with Crippen molar-refractivity contribution < 1.29 is 13.9 Å². The van der Waals surface area contributed by atoms with Crippen molar-refractivity contribution in [1.29, 1.82) is 0 Å². The number of benzene rings is 1. The molecule has 1 rings (SSSR count). The summed E-state index contributed by atoms with van der Waals surface area (Å²) < 4.78 is 17.4. The summed E-state index contributed by atoms with van der Waals surface area (Å²) >= 11 is 0. The van der Waals surface area contributed by atoms with Gasteiger partial charge in [0.15, 0.2) is 5.82 Å². The first-order valence-electron chi connectivity index (χ1n) is 3.94. The Bertz CT molecular complexity index is 343. The number of nitrogen functional groups attached to an aromatic ring is 2. The van der Waals surface area contributed by atoms with Gasteiger partial charge in [-0.2, -0.15) is 0 Å². The van der Waals surface area contributed by atoms with Gasteiger partial charge in [-0.05, 0) is 17.7 Å². The van der Waals surface area contributed by atoms with Crippen LogP contribution in [0.15, 0.2) is 12.1 Å². The van der Waals surface area contributed by atoms with Crippen LogP contribution < -0.4 is 11.5 Å². The first-order chi connectivity index (χ1) is 6.54. The zero-order chi connectivity index (χ0) is 10.7. The molecule has 0 atom stereocenters. The lowest BCUT2D eigenvalue weighted by molar-refractivity contribution is -0.139. The van der Waals surface area contributed by atoms with E-state index in [0.717, 1.165) is 0 Å². The summed E-state index contributed by atoms with van der Waals surface area (Å²) in [7, 11) is 1.28. The second kappa shape index (κ2) is 3.95. The highest BCUT2D eigenvalue weighted by Gasteiger charge is 2.08. The van der Waals surface area contributed by atoms with Crippen LogP contribution in [-0.4, -0.2) is 13.1 Å². The van der Waals surface area contributed by atoms with Gasteiger partial charge in [-0.1, -0.05) is 0 Å². The highest BCUT2D eigenvalue weighted by atomic mass is 19.1. The molecule has 4 N–H and O–H groups in total. The molecule has 0 saturated carbocycles. The van der Waals surface area contributed by atoms with E-state index < -0.39 is 11.8 Å². The fraction of sp³-hybridized carbons (Fsp3) is 0.222. The summed E-state index contributed by atoms with van der Waals surface area (Å²) in [5.74, 6) is -1.07. The molecule has 0 saturated heterocycles. The highest BCUT2D eigenvalue weighted by molar-refractivity contribution is 5.73. The predicted octanol–water partition coefficient (Wildman–Crippen LogP) is 0.706. The van der Waals surface area contributed by atoms with Crippen LogP contribution in [0.25, 0.3) is 0 Å². The Labute approximate surface area is 80.6 Å². The van der Waals surface area contributed by atoms with Gasteiger partial charge < -0.3 is 16.2 Å². The molecule has 1 aromatic carbocycles. The summed E-state index contributed by atoms with van der Waals surface area (Å²) in [6, 6.07) is 2.73. The van der Waals surface area contributed by atoms with Crippen LogP contribution in [0, 0.1) is 5.82 Å². The third kappa shape index (κ3) is 2.12. The number of carbonyl (C=O) groups is 1. The molecule has 1 aromatic rings. The lowest BCUT2D eigenvalue weighted by Gasteiger charge is -2.05. The van der Waals surface area contributed by atoms with Gasteiger partial charge in [0.1, 0.15) is 0 Å². The predicted molar refractivity (Wildman–Crippen MR) is 50.9 cm³/mol. The Hall–Kier alpha value is -1.78. The lowest BCUT2D eigenvalue weighted by Crippen LogP contribution is -2.06. The van der Waals surface area contributed by atoms with Crippen LogP contribution >= 0.6 is 0 Å². The Kier molecular flexibility index (Phi) is 2.91. The van der Waals surface area contributed by atoms with E-state index in [1.54, 1.807) is 0 Å². The Morgan fingerprint density at radius 3 is 2.36 bits per heavy atom. The number of halogens is 1. The van der Waals surface area contributed by atoms with Crippen molar-refractivity contribution >= 4 is 17.3 Å². The molecule has 0 bridgehead atoms. The van der Waals surface area contributed by atoms with E-state index in [2.05, 4.69) is 4.74 Å². The molecule has 0 aliphatic carbocycles. The number of anilines is 2. The van der Waals surface area contributed by atoms with E-state index in [1.165, 1.54) is 19.2 Å². The fourth-order valence-corrected chi connectivity index (χ4v) is 1.08. The highest BCUT2D eigenvalue weighted by Crippen LogP contribution is 2.20. The molecule has 76 valence electrons. The molecule has 0 radical (unpaired) electrons. The number of methoxy groups -OCH3 is 1. The van der Waals surface area contributed by atoms with Crippen LogP contribution in [0.2, 0.25) is 0 Å². The molecule has 0 aromatic heterocycles. The van der Waals surface area contributed by atoms with Crippen molar-refractivity contribution in [3.8, 4) is 0 Å². The topological polar surface area (TPSA) is 78.3 Å². The standard InChI is InChI=1S/C9H11FN2O2/c1-14-8(13)4-5-2-6(11)9(10)7(12)3-5/h2-3H,4,11-12H2,1H3. The van der Waals surface area contributed by atoms with E-state index in [-0.39, 0.29) is 17.8 Å². The van der Waals surface area contributed by atoms with Crippen molar-refractivity contribution in [3.05, 3.63) is 23.5 Å². The number of hydrogen-bond donors (Lipinski definition) is 2. The lowest BCUT2D eigenvalue weighted by atomic mass is 10.1. The molecule has 0 spiro atoms. The quantitative estimate of drug-likeness (QED) is 0.541. The maximum absolute atomic E-state index is 13.0. The smallest absolute Gasteiger partial charge is 0.309 e. The van der Waals surface area contributed by atoms with Gasteiger partial charge in [0.05, 0.1) is 24.9 Å². The number of ether oxygens (including phenoxy) is 1. The van der Waals surface area contributed by atoms with Gasteiger partial charge >= 0.3 is 5.97 Å². The minimum Gasteiger partial charge on any atom is -0.469 e. The van der Waals surface area contributed by atoms with Gasteiger partial charge in [-0.25, -0.2) is 4.39 Å². The monoisotopic (exact) mass is 198 g/mol. The molecule has 0 heterocycles. The third-order valence-corrected chi connectivity index (χ3v) is 1.76. The number of nitrogens with two attached hydrogens (primary N) is 2. The number of hydrogen-bond acceptors (Lipinski definition) is 4. The van der Waals surface area contributed by atoms with Crippen LogP contribution in [-0.2, 0) is 16.0 Å². The summed E-state index contributed by atoms with van der Waals surface area (Å²) in [5.41, 5.74) is 11.1. The normalized spacial score (nSPS) is 9.86. The van der Waals surface area contributed by atoms with E-state index in [0.29, 0.717) is 5.56 Å². The van der Waals surface area contributed by atoms with E-state index in [1.807, 2.05) is 0 Å². The minimum absolute atomic E-state index is 0.0329. The number of esters is 1. The fourth-order valence-electron chi connectivity index (χ4n) is 1.08. The maximum Gasteiger partial charge on any atom is 0.309 e. The van der Waals surface area contributed by atoms with E-state index in [4.69, 9.17) is 11.5 Å². The minimum atomic E-state index is -0.654. The van der Waals surface area contributed by atoms with E-state index >= 15 is 0 Å². The molecule has 0 aliphatic heterocycles. The van der Waals surface area contributed by atoms with Crippen molar-refractivity contribution in [2.45, 2.75) is 6.42 Å². The summed E-state index contributed by atoms with van der Waals surface area (Å²) in [4.78, 5) is 10.9. The third-order valence-electron chi connectivity index (χ3n) is 1.76. The molecule has 0 amide bonds. The zero-order valence-electron chi connectivity index (χ0n) is 7.71. The second-order valence-electron chi connectivity index (χ2n) is 2.84. The average Bonchev–Trinajstić information content (AvgIpc) is 2.14. The zero-order valence-corrected chi connectivity index (χ0v) is 7.71. The van der Waals surface area contributed by atoms with E-state index in [9.17, 15) is 9.18 Å². The molecule has 0 unspecified atom stereocenters. The van der Waals surface area contributed by atoms with Crippen LogP contribution in [0.3, 0.4) is 0 Å². The first-order valence-corrected chi connectivity index (χ1v) is 3.94. The van der Waals surface area contributed by atoms with Gasteiger partial charge in [-0.15, -0.1) is 0 Å². The van der Waals surface area contributed by atoms with Crippen molar-refractivity contribution in [2.75, 3.05) is 18.6 Å². The Morgan fingerprint density at radius 1 is 1.43 bits per heavy atom. The largest absolute Gasteiger partial charge is 0.469 e. The van der Waals surface area contributed by atoms with Crippen molar-refractivity contribution in [1.82, 2.24) is 0 Å². The molecule has 4 nitrogen and oxygen atoms in total. The van der Waals surface area contributed by atoms with Gasteiger partial charge in [-0.3, -0.25) is 4.79 Å². The molecule has 14 heavy (non-hydrogen) atoms. The molecule has 0 aliphatic rings. The van der Waals surface area contributed by atoms with Gasteiger partial charge in [0.2, 0.25) is 0 Å². The summed E-state index contributed by atoms with van der Waals surface area (Å²) in [6.45, 7) is 0. The summed E-state index contributed by atoms with van der Waals surface area (Å²) in [6.07, 6.45) is 0.0329. The Balaban J connectivity index is 2.95. The van der Waals surface area contributed by atoms with Crippen molar-refractivity contribution in [2.24, 2.45) is 0 Å². The molecular formula is C9H11FN2O2. The second-order valence-corrected chi connectivity index (χ2v) is 2.84. The SMILES string of the molecule is COC(=O)Cc1cc(N)c(F)c(N)c1. The van der Waals surface area contributed by atoms with Crippen LogP contribution in [0.4, 0.5) is 15.8 Å². The molecule has 5 heteroatoms. The number of rotatable bonds is 2. The maximum atomic E-state index is 13.0. The van der Waals surface area contributed by atoms with Crippen molar-refractivity contribution in [3.63, 3.8) is 0 Å². The molecule has 0 fully saturated rings.